The Hall–Kier alpha value is -2.18. The minimum Gasteiger partial charge on any atom is -0.444 e. The van der Waals surface area contributed by atoms with Crippen LogP contribution in [0.1, 0.15) is 26.3 Å². The van der Waals surface area contributed by atoms with E-state index in [1.54, 1.807) is 20.8 Å². The molecule has 0 spiro atoms. The molecule has 0 radical (unpaired) electrons. The summed E-state index contributed by atoms with van der Waals surface area (Å²) in [6.07, 6.45) is -0.876. The van der Waals surface area contributed by atoms with E-state index in [1.807, 2.05) is 0 Å². The Kier molecular flexibility index (Phi) is 4.08. The molecule has 1 rings (SSSR count). The van der Waals surface area contributed by atoms with Gasteiger partial charge in [-0.3, -0.25) is 15.4 Å². The van der Waals surface area contributed by atoms with Crippen molar-refractivity contribution in [2.24, 2.45) is 0 Å². The van der Waals surface area contributed by atoms with Crippen LogP contribution in [0.3, 0.4) is 0 Å². The number of nitro benzene ring substituents is 1. The summed E-state index contributed by atoms with van der Waals surface area (Å²) in [5.41, 5.74) is -1.24. The predicted octanol–water partition coefficient (Wildman–Crippen LogP) is 3.39. The van der Waals surface area contributed by atoms with E-state index in [1.165, 1.54) is 6.92 Å². The number of nitro groups is 1. The summed E-state index contributed by atoms with van der Waals surface area (Å²) in [7, 11) is 0. The number of aryl methyl sites for hydroxylation is 1. The molecule has 0 saturated carbocycles. The number of anilines is 1. The predicted molar refractivity (Wildman–Crippen MR) is 67.6 cm³/mol. The van der Waals surface area contributed by atoms with Crippen molar-refractivity contribution in [3.63, 3.8) is 0 Å². The molecule has 0 aliphatic carbocycles. The molecule has 6 nitrogen and oxygen atoms in total. The van der Waals surface area contributed by atoms with Gasteiger partial charge in [-0.25, -0.2) is 9.18 Å². The van der Waals surface area contributed by atoms with Gasteiger partial charge in [0.15, 0.2) is 0 Å². The SMILES string of the molecule is Cc1cc([N+](=O)[O-])c(NC(=O)OC(C)(C)C)cc1F. The summed E-state index contributed by atoms with van der Waals surface area (Å²) in [5, 5.41) is 13.0. The van der Waals surface area contributed by atoms with E-state index < -0.39 is 22.4 Å². The summed E-state index contributed by atoms with van der Waals surface area (Å²) in [5.74, 6) is -0.642. The van der Waals surface area contributed by atoms with Gasteiger partial charge < -0.3 is 4.74 Å². The van der Waals surface area contributed by atoms with E-state index >= 15 is 0 Å². The van der Waals surface area contributed by atoms with Gasteiger partial charge in [0.25, 0.3) is 5.69 Å². The largest absolute Gasteiger partial charge is 0.444 e. The number of rotatable bonds is 2. The second-order valence-corrected chi connectivity index (χ2v) is 5.00. The molecule has 0 aliphatic rings. The Bertz CT molecular complexity index is 523. The van der Waals surface area contributed by atoms with Gasteiger partial charge in [-0.05, 0) is 33.3 Å². The van der Waals surface area contributed by atoms with Crippen LogP contribution >= 0.6 is 0 Å². The van der Waals surface area contributed by atoms with Crippen LogP contribution in [-0.2, 0) is 4.74 Å². The quantitative estimate of drug-likeness (QED) is 0.659. The molecule has 0 unspecified atom stereocenters. The van der Waals surface area contributed by atoms with E-state index in [4.69, 9.17) is 4.74 Å². The minimum absolute atomic E-state index is 0.126. The maximum atomic E-state index is 13.4. The molecule has 0 heterocycles. The van der Waals surface area contributed by atoms with Crippen molar-refractivity contribution >= 4 is 17.5 Å². The zero-order valence-electron chi connectivity index (χ0n) is 11.1. The molecule has 7 heteroatoms. The average molecular weight is 270 g/mol. The maximum Gasteiger partial charge on any atom is 0.412 e. The first-order valence-electron chi connectivity index (χ1n) is 5.54. The molecule has 0 fully saturated rings. The number of amides is 1. The van der Waals surface area contributed by atoms with Gasteiger partial charge in [0.2, 0.25) is 0 Å². The van der Waals surface area contributed by atoms with E-state index in [9.17, 15) is 19.3 Å². The summed E-state index contributed by atoms with van der Waals surface area (Å²) >= 11 is 0. The number of nitrogens with zero attached hydrogens (tertiary/aromatic N) is 1. The first-order valence-corrected chi connectivity index (χ1v) is 5.54. The van der Waals surface area contributed by atoms with Crippen molar-refractivity contribution in [1.82, 2.24) is 0 Å². The highest BCUT2D eigenvalue weighted by Gasteiger charge is 2.22. The van der Waals surface area contributed by atoms with Crippen LogP contribution in [0.5, 0.6) is 0 Å². The summed E-state index contributed by atoms with van der Waals surface area (Å²) in [6.45, 7) is 6.35. The lowest BCUT2D eigenvalue weighted by Gasteiger charge is -2.19. The van der Waals surface area contributed by atoms with Gasteiger partial charge >= 0.3 is 6.09 Å². The number of ether oxygens (including phenoxy) is 1. The van der Waals surface area contributed by atoms with Crippen molar-refractivity contribution in [3.05, 3.63) is 33.6 Å². The minimum atomic E-state index is -0.876. The molecule has 0 aromatic heterocycles. The van der Waals surface area contributed by atoms with E-state index in [0.29, 0.717) is 0 Å². The maximum absolute atomic E-state index is 13.4. The number of nitrogens with one attached hydrogen (secondary N) is 1. The Balaban J connectivity index is 3.03. The lowest BCUT2D eigenvalue weighted by atomic mass is 10.2. The zero-order valence-corrected chi connectivity index (χ0v) is 11.1. The molecule has 0 aliphatic heterocycles. The number of benzene rings is 1. The second kappa shape index (κ2) is 5.21. The van der Waals surface area contributed by atoms with Crippen LogP contribution in [0.4, 0.5) is 20.6 Å². The number of hydrogen-bond donors (Lipinski definition) is 1. The van der Waals surface area contributed by atoms with Gasteiger partial charge in [0.05, 0.1) is 4.92 Å². The smallest absolute Gasteiger partial charge is 0.412 e. The fourth-order valence-electron chi connectivity index (χ4n) is 1.33. The van der Waals surface area contributed by atoms with Gasteiger partial charge in [-0.15, -0.1) is 0 Å². The summed E-state index contributed by atoms with van der Waals surface area (Å²) < 4.78 is 18.3. The highest BCUT2D eigenvalue weighted by molar-refractivity contribution is 5.88. The van der Waals surface area contributed by atoms with Crippen LogP contribution in [0.2, 0.25) is 0 Å². The lowest BCUT2D eigenvalue weighted by Crippen LogP contribution is -2.27. The third kappa shape index (κ3) is 4.20. The lowest BCUT2D eigenvalue weighted by molar-refractivity contribution is -0.384. The van der Waals surface area contributed by atoms with Crippen molar-refractivity contribution < 1.29 is 18.8 Å². The highest BCUT2D eigenvalue weighted by atomic mass is 19.1. The second-order valence-electron chi connectivity index (χ2n) is 5.00. The number of carbonyl (C=O) groups excluding carboxylic acids is 1. The van der Waals surface area contributed by atoms with Crippen LogP contribution < -0.4 is 5.32 Å². The van der Waals surface area contributed by atoms with Crippen molar-refractivity contribution in [2.75, 3.05) is 5.32 Å². The van der Waals surface area contributed by atoms with E-state index in [-0.39, 0.29) is 16.9 Å². The molecule has 1 aromatic rings. The topological polar surface area (TPSA) is 81.5 Å². The fraction of sp³-hybridized carbons (Fsp3) is 0.417. The Morgan fingerprint density at radius 1 is 1.42 bits per heavy atom. The first kappa shape index (κ1) is 14.9. The fourth-order valence-corrected chi connectivity index (χ4v) is 1.33. The average Bonchev–Trinajstić information content (AvgIpc) is 2.19. The van der Waals surface area contributed by atoms with Crippen LogP contribution in [-0.4, -0.2) is 16.6 Å². The Labute approximate surface area is 109 Å². The van der Waals surface area contributed by atoms with Crippen LogP contribution in [0.15, 0.2) is 12.1 Å². The third-order valence-corrected chi connectivity index (χ3v) is 2.11. The molecule has 0 saturated heterocycles. The van der Waals surface area contributed by atoms with Crippen molar-refractivity contribution in [1.29, 1.82) is 0 Å². The highest BCUT2D eigenvalue weighted by Crippen LogP contribution is 2.27. The molecule has 1 N–H and O–H groups in total. The molecule has 0 atom stereocenters. The summed E-state index contributed by atoms with van der Waals surface area (Å²) in [4.78, 5) is 21.7. The first-order chi connectivity index (χ1) is 8.60. The standard InChI is InChI=1S/C12H15FN2O4/c1-7-5-10(15(17)18)9(6-8(7)13)14-11(16)19-12(2,3)4/h5-6H,1-4H3,(H,14,16). The van der Waals surface area contributed by atoms with Gasteiger partial charge in [0.1, 0.15) is 17.1 Å². The Morgan fingerprint density at radius 2 is 2.00 bits per heavy atom. The van der Waals surface area contributed by atoms with E-state index in [2.05, 4.69) is 5.32 Å². The molecule has 0 bridgehead atoms. The summed E-state index contributed by atoms with van der Waals surface area (Å²) in [6, 6.07) is 1.96. The van der Waals surface area contributed by atoms with E-state index in [0.717, 1.165) is 12.1 Å². The molecule has 19 heavy (non-hydrogen) atoms. The van der Waals surface area contributed by atoms with Gasteiger partial charge in [-0.2, -0.15) is 0 Å². The molecular weight excluding hydrogens is 255 g/mol. The third-order valence-electron chi connectivity index (χ3n) is 2.11. The normalized spacial score (nSPS) is 11.0. The monoisotopic (exact) mass is 270 g/mol. The van der Waals surface area contributed by atoms with Gasteiger partial charge in [0, 0.05) is 12.1 Å². The molecule has 1 aromatic carbocycles. The van der Waals surface area contributed by atoms with Gasteiger partial charge in [-0.1, -0.05) is 0 Å². The zero-order chi connectivity index (χ0) is 14.8. The number of halogens is 1. The van der Waals surface area contributed by atoms with Crippen molar-refractivity contribution in [3.8, 4) is 0 Å². The Morgan fingerprint density at radius 3 is 2.47 bits per heavy atom. The molecular formula is C12H15FN2O4. The number of hydrogen-bond acceptors (Lipinski definition) is 4. The molecule has 1 amide bonds. The van der Waals surface area contributed by atoms with Crippen molar-refractivity contribution in [2.45, 2.75) is 33.3 Å². The number of carbonyl (C=O) groups is 1. The van der Waals surface area contributed by atoms with Crippen LogP contribution in [0, 0.1) is 22.9 Å². The van der Waals surface area contributed by atoms with Crippen LogP contribution in [0.25, 0.3) is 0 Å². The molecule has 104 valence electrons.